The highest BCUT2D eigenvalue weighted by Crippen LogP contribution is 2.32. The minimum atomic E-state index is -0.0925. The highest BCUT2D eigenvalue weighted by Gasteiger charge is 2.28. The molecule has 1 atom stereocenters. The SMILES string of the molecule is CC1(C)CN(CC(N)c2ccc3c(c2)OCCO3)CCO1. The van der Waals surface area contributed by atoms with Gasteiger partial charge in [0.05, 0.1) is 12.2 Å². The van der Waals surface area contributed by atoms with Crippen LogP contribution in [0.1, 0.15) is 25.5 Å². The summed E-state index contributed by atoms with van der Waals surface area (Å²) in [6.07, 6.45) is 0. The Balaban J connectivity index is 1.66. The van der Waals surface area contributed by atoms with Crippen molar-refractivity contribution in [3.63, 3.8) is 0 Å². The van der Waals surface area contributed by atoms with Crippen LogP contribution >= 0.6 is 0 Å². The van der Waals surface area contributed by atoms with E-state index in [9.17, 15) is 0 Å². The van der Waals surface area contributed by atoms with Crippen molar-refractivity contribution in [3.8, 4) is 11.5 Å². The van der Waals surface area contributed by atoms with Crippen LogP contribution in [0.2, 0.25) is 0 Å². The van der Waals surface area contributed by atoms with Crippen molar-refractivity contribution in [1.82, 2.24) is 4.90 Å². The molecule has 2 aliphatic rings. The molecule has 0 radical (unpaired) electrons. The zero-order valence-electron chi connectivity index (χ0n) is 12.8. The number of ether oxygens (including phenoxy) is 3. The zero-order valence-corrected chi connectivity index (χ0v) is 12.8. The molecule has 0 aromatic heterocycles. The fourth-order valence-electron chi connectivity index (χ4n) is 2.94. The largest absolute Gasteiger partial charge is 0.486 e. The lowest BCUT2D eigenvalue weighted by molar-refractivity contribution is -0.0870. The van der Waals surface area contributed by atoms with Crippen molar-refractivity contribution in [1.29, 1.82) is 0 Å². The van der Waals surface area contributed by atoms with Crippen LogP contribution < -0.4 is 15.2 Å². The number of hydrogen-bond donors (Lipinski definition) is 1. The molecule has 5 nitrogen and oxygen atoms in total. The van der Waals surface area contributed by atoms with E-state index in [0.29, 0.717) is 13.2 Å². The van der Waals surface area contributed by atoms with E-state index >= 15 is 0 Å². The molecule has 2 heterocycles. The first kappa shape index (κ1) is 14.6. The van der Waals surface area contributed by atoms with Gasteiger partial charge in [0.1, 0.15) is 13.2 Å². The molecule has 3 rings (SSSR count). The summed E-state index contributed by atoms with van der Waals surface area (Å²) in [6, 6.07) is 5.95. The molecule has 5 heteroatoms. The monoisotopic (exact) mass is 292 g/mol. The predicted octanol–water partition coefficient (Wildman–Crippen LogP) is 1.57. The topological polar surface area (TPSA) is 57.0 Å². The molecular weight excluding hydrogens is 268 g/mol. The van der Waals surface area contributed by atoms with Gasteiger partial charge in [-0.2, -0.15) is 0 Å². The van der Waals surface area contributed by atoms with Crippen LogP contribution in [0, 0.1) is 0 Å². The smallest absolute Gasteiger partial charge is 0.161 e. The van der Waals surface area contributed by atoms with Crippen LogP contribution in [-0.2, 0) is 4.74 Å². The summed E-state index contributed by atoms with van der Waals surface area (Å²) in [5.74, 6) is 1.61. The van der Waals surface area contributed by atoms with Gasteiger partial charge < -0.3 is 19.9 Å². The Morgan fingerprint density at radius 1 is 1.19 bits per heavy atom. The fraction of sp³-hybridized carbons (Fsp3) is 0.625. The number of morpholine rings is 1. The summed E-state index contributed by atoms with van der Waals surface area (Å²) < 4.78 is 16.9. The summed E-state index contributed by atoms with van der Waals surface area (Å²) in [5, 5.41) is 0. The standard InChI is InChI=1S/C16H24N2O3/c1-16(2)11-18(5-6-21-16)10-13(17)12-3-4-14-15(9-12)20-8-7-19-14/h3-4,9,13H,5-8,10-11,17H2,1-2H3. The molecule has 0 aliphatic carbocycles. The lowest BCUT2D eigenvalue weighted by Crippen LogP contribution is -2.50. The molecule has 0 saturated carbocycles. The Hall–Kier alpha value is -1.30. The van der Waals surface area contributed by atoms with E-state index in [1.165, 1.54) is 0 Å². The number of hydrogen-bond acceptors (Lipinski definition) is 5. The summed E-state index contributed by atoms with van der Waals surface area (Å²) in [4.78, 5) is 2.37. The Bertz CT molecular complexity index is 504. The van der Waals surface area contributed by atoms with E-state index in [4.69, 9.17) is 19.9 Å². The molecule has 1 aromatic carbocycles. The second-order valence-electron chi connectivity index (χ2n) is 6.35. The lowest BCUT2D eigenvalue weighted by atomic mass is 10.0. The second kappa shape index (κ2) is 5.83. The van der Waals surface area contributed by atoms with Gasteiger partial charge in [-0.3, -0.25) is 4.90 Å². The first-order chi connectivity index (χ1) is 10.0. The van der Waals surface area contributed by atoms with E-state index in [2.05, 4.69) is 18.7 Å². The molecule has 1 saturated heterocycles. The maximum atomic E-state index is 6.37. The van der Waals surface area contributed by atoms with Crippen molar-refractivity contribution >= 4 is 0 Å². The van der Waals surface area contributed by atoms with Gasteiger partial charge in [0.15, 0.2) is 11.5 Å². The normalized spacial score (nSPS) is 22.8. The molecule has 2 aliphatic heterocycles. The third kappa shape index (κ3) is 3.48. The molecule has 0 amide bonds. The highest BCUT2D eigenvalue weighted by molar-refractivity contribution is 5.44. The maximum absolute atomic E-state index is 6.37. The van der Waals surface area contributed by atoms with E-state index in [-0.39, 0.29) is 11.6 Å². The Kier molecular flexibility index (Phi) is 4.06. The lowest BCUT2D eigenvalue weighted by Gasteiger charge is -2.39. The second-order valence-corrected chi connectivity index (χ2v) is 6.35. The minimum Gasteiger partial charge on any atom is -0.486 e. The molecule has 2 N–H and O–H groups in total. The minimum absolute atomic E-state index is 0.0327. The third-order valence-corrected chi connectivity index (χ3v) is 3.95. The number of benzene rings is 1. The van der Waals surface area contributed by atoms with Crippen LogP contribution in [0.5, 0.6) is 11.5 Å². The summed E-state index contributed by atoms with van der Waals surface area (Å²) >= 11 is 0. The summed E-state index contributed by atoms with van der Waals surface area (Å²) in [5.41, 5.74) is 7.36. The van der Waals surface area contributed by atoms with Gasteiger partial charge in [-0.15, -0.1) is 0 Å². The van der Waals surface area contributed by atoms with Crippen LogP contribution in [0.25, 0.3) is 0 Å². The van der Waals surface area contributed by atoms with Crippen LogP contribution in [0.4, 0.5) is 0 Å². The van der Waals surface area contributed by atoms with E-state index in [1.54, 1.807) is 0 Å². The molecule has 1 fully saturated rings. The first-order valence-corrected chi connectivity index (χ1v) is 7.55. The molecular formula is C16H24N2O3. The zero-order chi connectivity index (χ0) is 14.9. The van der Waals surface area contributed by atoms with Gasteiger partial charge in [0.25, 0.3) is 0 Å². The summed E-state index contributed by atoms with van der Waals surface area (Å²) in [6.45, 7) is 8.88. The first-order valence-electron chi connectivity index (χ1n) is 7.55. The highest BCUT2D eigenvalue weighted by atomic mass is 16.6. The van der Waals surface area contributed by atoms with Crippen molar-refractivity contribution in [2.24, 2.45) is 5.73 Å². The van der Waals surface area contributed by atoms with Gasteiger partial charge in [-0.05, 0) is 31.5 Å². The van der Waals surface area contributed by atoms with Crippen LogP contribution in [0.15, 0.2) is 18.2 Å². The van der Waals surface area contributed by atoms with Crippen LogP contribution in [-0.4, -0.2) is 50.0 Å². The Morgan fingerprint density at radius 3 is 2.71 bits per heavy atom. The summed E-state index contributed by atoms with van der Waals surface area (Å²) in [7, 11) is 0. The van der Waals surface area contributed by atoms with Crippen molar-refractivity contribution in [2.45, 2.75) is 25.5 Å². The molecule has 0 bridgehead atoms. The molecule has 1 unspecified atom stereocenters. The Labute approximate surface area is 126 Å². The molecule has 116 valence electrons. The van der Waals surface area contributed by atoms with Gasteiger partial charge in [0.2, 0.25) is 0 Å². The Morgan fingerprint density at radius 2 is 1.95 bits per heavy atom. The van der Waals surface area contributed by atoms with Crippen molar-refractivity contribution in [2.75, 3.05) is 39.5 Å². The fourth-order valence-corrected chi connectivity index (χ4v) is 2.94. The van der Waals surface area contributed by atoms with E-state index < -0.39 is 0 Å². The van der Waals surface area contributed by atoms with Gasteiger partial charge in [0, 0.05) is 25.7 Å². The number of fused-ring (bicyclic) bond motifs is 1. The number of nitrogens with two attached hydrogens (primary N) is 1. The average molecular weight is 292 g/mol. The molecule has 21 heavy (non-hydrogen) atoms. The molecule has 0 spiro atoms. The van der Waals surface area contributed by atoms with Gasteiger partial charge in [-0.1, -0.05) is 6.07 Å². The van der Waals surface area contributed by atoms with Crippen molar-refractivity contribution < 1.29 is 14.2 Å². The van der Waals surface area contributed by atoms with Gasteiger partial charge >= 0.3 is 0 Å². The predicted molar refractivity (Wildman–Crippen MR) is 80.8 cm³/mol. The molecule has 1 aromatic rings. The number of rotatable bonds is 3. The van der Waals surface area contributed by atoms with Crippen LogP contribution in [0.3, 0.4) is 0 Å². The third-order valence-electron chi connectivity index (χ3n) is 3.95. The average Bonchev–Trinajstić information content (AvgIpc) is 2.45. The quantitative estimate of drug-likeness (QED) is 0.916. The van der Waals surface area contributed by atoms with E-state index in [0.717, 1.165) is 43.3 Å². The van der Waals surface area contributed by atoms with Crippen molar-refractivity contribution in [3.05, 3.63) is 23.8 Å². The number of nitrogens with zero attached hydrogens (tertiary/aromatic N) is 1. The maximum Gasteiger partial charge on any atom is 0.161 e. The van der Waals surface area contributed by atoms with E-state index in [1.807, 2.05) is 18.2 Å². The van der Waals surface area contributed by atoms with Gasteiger partial charge in [-0.25, -0.2) is 0 Å².